The Morgan fingerprint density at radius 3 is 2.52 bits per heavy atom. The van der Waals surface area contributed by atoms with Gasteiger partial charge >= 0.3 is 0 Å². The van der Waals surface area contributed by atoms with Crippen molar-refractivity contribution in [3.05, 3.63) is 59.7 Å². The number of para-hydroxylation sites is 1. The molecule has 0 aliphatic rings. The first-order valence-corrected chi connectivity index (χ1v) is 9.08. The number of benzene rings is 2. The molecule has 2 N–H and O–H groups in total. The summed E-state index contributed by atoms with van der Waals surface area (Å²) in [5.74, 6) is 0.744. The van der Waals surface area contributed by atoms with Gasteiger partial charge in [0.15, 0.2) is 6.61 Å². The molecule has 0 saturated carbocycles. The fourth-order valence-corrected chi connectivity index (χ4v) is 2.51. The Balaban J connectivity index is 1.86. The van der Waals surface area contributed by atoms with Crippen LogP contribution < -0.4 is 20.3 Å². The van der Waals surface area contributed by atoms with E-state index in [1.54, 1.807) is 24.3 Å². The Morgan fingerprint density at radius 2 is 1.78 bits per heavy atom. The summed E-state index contributed by atoms with van der Waals surface area (Å²) in [5, 5.41) is 0. The Kier molecular flexibility index (Phi) is 7.67. The van der Waals surface area contributed by atoms with E-state index in [0.717, 1.165) is 12.0 Å². The minimum absolute atomic E-state index is 0.188. The molecule has 0 aliphatic heterocycles. The Hall–Kier alpha value is -3.02. The number of hydrazine groups is 1. The first kappa shape index (κ1) is 20.3. The molecule has 0 bridgehead atoms. The second-order valence-electron chi connectivity index (χ2n) is 6.10. The molecule has 0 heterocycles. The second kappa shape index (κ2) is 10.2. The molecule has 0 saturated heterocycles. The number of nitrogens with one attached hydrogen (secondary N) is 2. The highest BCUT2D eigenvalue weighted by Gasteiger charge is 2.12. The van der Waals surface area contributed by atoms with Gasteiger partial charge in [0.05, 0.1) is 6.61 Å². The van der Waals surface area contributed by atoms with E-state index in [0.29, 0.717) is 29.6 Å². The van der Waals surface area contributed by atoms with Crippen LogP contribution in [0.25, 0.3) is 0 Å². The lowest BCUT2D eigenvalue weighted by molar-refractivity contribution is -0.123. The molecule has 2 aromatic rings. The van der Waals surface area contributed by atoms with Crippen LogP contribution in [0.15, 0.2) is 48.5 Å². The normalized spacial score (nSPS) is 11.4. The van der Waals surface area contributed by atoms with Gasteiger partial charge in [-0.3, -0.25) is 20.4 Å². The van der Waals surface area contributed by atoms with Crippen LogP contribution >= 0.6 is 0 Å². The maximum atomic E-state index is 12.1. The molecule has 27 heavy (non-hydrogen) atoms. The molecule has 1 unspecified atom stereocenters. The molecule has 0 aromatic heterocycles. The molecule has 2 amide bonds. The number of amides is 2. The van der Waals surface area contributed by atoms with Gasteiger partial charge in [0.2, 0.25) is 0 Å². The molecule has 2 rings (SSSR count). The lowest BCUT2D eigenvalue weighted by Crippen LogP contribution is -2.43. The lowest BCUT2D eigenvalue weighted by atomic mass is 9.98. The van der Waals surface area contributed by atoms with Gasteiger partial charge in [-0.05, 0) is 49.1 Å². The first-order valence-electron chi connectivity index (χ1n) is 9.08. The maximum absolute atomic E-state index is 12.1. The van der Waals surface area contributed by atoms with E-state index in [1.807, 2.05) is 31.2 Å². The van der Waals surface area contributed by atoms with Crippen LogP contribution in [0.1, 0.15) is 49.0 Å². The van der Waals surface area contributed by atoms with Crippen molar-refractivity contribution < 1.29 is 19.1 Å². The first-order chi connectivity index (χ1) is 13.0. The van der Waals surface area contributed by atoms with Crippen LogP contribution in [-0.4, -0.2) is 25.0 Å². The van der Waals surface area contributed by atoms with Gasteiger partial charge in [-0.2, -0.15) is 0 Å². The zero-order chi connectivity index (χ0) is 19.6. The Labute approximate surface area is 159 Å². The molecule has 6 heteroatoms. The average molecular weight is 370 g/mol. The molecule has 0 spiro atoms. The van der Waals surface area contributed by atoms with E-state index in [2.05, 4.69) is 24.7 Å². The van der Waals surface area contributed by atoms with Crippen LogP contribution in [-0.2, 0) is 4.79 Å². The molecule has 1 atom stereocenters. The van der Waals surface area contributed by atoms with Crippen molar-refractivity contribution in [1.82, 2.24) is 10.9 Å². The van der Waals surface area contributed by atoms with E-state index >= 15 is 0 Å². The molecule has 0 fully saturated rings. The minimum atomic E-state index is -0.441. The molecule has 144 valence electrons. The molecule has 0 aliphatic carbocycles. The van der Waals surface area contributed by atoms with E-state index in [4.69, 9.17) is 9.47 Å². The quantitative estimate of drug-likeness (QED) is 0.698. The standard InChI is InChI=1S/C21H26N2O4/c1-4-15(3)18-11-6-7-12-19(18)27-14-20(24)22-23-21(25)16-9-8-10-17(13-16)26-5-2/h6-13,15H,4-5,14H2,1-3H3,(H,22,24)(H,23,25). The van der Waals surface area contributed by atoms with Gasteiger partial charge in [0.1, 0.15) is 11.5 Å². The summed E-state index contributed by atoms with van der Waals surface area (Å²) in [5.41, 5.74) is 6.19. The van der Waals surface area contributed by atoms with E-state index in [9.17, 15) is 9.59 Å². The summed E-state index contributed by atoms with van der Waals surface area (Å²) in [4.78, 5) is 24.1. The smallest absolute Gasteiger partial charge is 0.276 e. The van der Waals surface area contributed by atoms with Crippen molar-refractivity contribution in [2.24, 2.45) is 0 Å². The van der Waals surface area contributed by atoms with Crippen molar-refractivity contribution in [2.45, 2.75) is 33.1 Å². The van der Waals surface area contributed by atoms with E-state index in [1.165, 1.54) is 0 Å². The van der Waals surface area contributed by atoms with Crippen molar-refractivity contribution >= 4 is 11.8 Å². The van der Waals surface area contributed by atoms with Gasteiger partial charge in [0.25, 0.3) is 11.8 Å². The van der Waals surface area contributed by atoms with Crippen molar-refractivity contribution in [3.8, 4) is 11.5 Å². The number of carbonyl (C=O) groups excluding carboxylic acids is 2. The Morgan fingerprint density at radius 1 is 1.00 bits per heavy atom. The highest BCUT2D eigenvalue weighted by atomic mass is 16.5. The summed E-state index contributed by atoms with van der Waals surface area (Å²) in [6, 6.07) is 14.4. The number of ether oxygens (including phenoxy) is 2. The van der Waals surface area contributed by atoms with Gasteiger partial charge in [-0.25, -0.2) is 0 Å². The van der Waals surface area contributed by atoms with Gasteiger partial charge in [0, 0.05) is 5.56 Å². The lowest BCUT2D eigenvalue weighted by Gasteiger charge is -2.15. The summed E-state index contributed by atoms with van der Waals surface area (Å²) >= 11 is 0. The molecular weight excluding hydrogens is 344 g/mol. The Bertz CT molecular complexity index is 776. The second-order valence-corrected chi connectivity index (χ2v) is 6.10. The zero-order valence-electron chi connectivity index (χ0n) is 16.0. The number of carbonyl (C=O) groups is 2. The van der Waals surface area contributed by atoms with Gasteiger partial charge in [-0.15, -0.1) is 0 Å². The topological polar surface area (TPSA) is 76.7 Å². The van der Waals surface area contributed by atoms with Crippen molar-refractivity contribution in [1.29, 1.82) is 0 Å². The largest absolute Gasteiger partial charge is 0.494 e. The highest BCUT2D eigenvalue weighted by Crippen LogP contribution is 2.28. The number of hydrogen-bond donors (Lipinski definition) is 2. The number of hydrogen-bond acceptors (Lipinski definition) is 4. The molecule has 0 radical (unpaired) electrons. The van der Waals surface area contributed by atoms with Crippen LogP contribution in [0.2, 0.25) is 0 Å². The maximum Gasteiger partial charge on any atom is 0.276 e. The zero-order valence-corrected chi connectivity index (χ0v) is 16.0. The van der Waals surface area contributed by atoms with Crippen molar-refractivity contribution in [2.75, 3.05) is 13.2 Å². The fourth-order valence-electron chi connectivity index (χ4n) is 2.51. The average Bonchev–Trinajstić information content (AvgIpc) is 2.70. The SMILES string of the molecule is CCOc1cccc(C(=O)NNC(=O)COc2ccccc2C(C)CC)c1. The number of rotatable bonds is 8. The highest BCUT2D eigenvalue weighted by molar-refractivity contribution is 5.95. The fraction of sp³-hybridized carbons (Fsp3) is 0.333. The monoisotopic (exact) mass is 370 g/mol. The minimum Gasteiger partial charge on any atom is -0.494 e. The molecular formula is C21H26N2O4. The predicted octanol–water partition coefficient (Wildman–Crippen LogP) is 3.44. The van der Waals surface area contributed by atoms with Gasteiger partial charge in [-0.1, -0.05) is 38.1 Å². The van der Waals surface area contributed by atoms with Crippen LogP contribution in [0.5, 0.6) is 11.5 Å². The summed E-state index contributed by atoms with van der Waals surface area (Å²) in [7, 11) is 0. The van der Waals surface area contributed by atoms with Crippen LogP contribution in [0.3, 0.4) is 0 Å². The molecule has 2 aromatic carbocycles. The van der Waals surface area contributed by atoms with Gasteiger partial charge < -0.3 is 9.47 Å². The molecule has 6 nitrogen and oxygen atoms in total. The van der Waals surface area contributed by atoms with E-state index < -0.39 is 11.8 Å². The van der Waals surface area contributed by atoms with E-state index in [-0.39, 0.29) is 6.61 Å². The summed E-state index contributed by atoms with van der Waals surface area (Å²) in [6.07, 6.45) is 0.976. The third-order valence-corrected chi connectivity index (χ3v) is 4.14. The summed E-state index contributed by atoms with van der Waals surface area (Å²) in [6.45, 7) is 6.40. The third kappa shape index (κ3) is 6.02. The van der Waals surface area contributed by atoms with Crippen LogP contribution in [0, 0.1) is 0 Å². The van der Waals surface area contributed by atoms with Crippen LogP contribution in [0.4, 0.5) is 0 Å². The predicted molar refractivity (Wildman–Crippen MR) is 104 cm³/mol. The van der Waals surface area contributed by atoms with Crippen molar-refractivity contribution in [3.63, 3.8) is 0 Å². The summed E-state index contributed by atoms with van der Waals surface area (Å²) < 4.78 is 11.0. The third-order valence-electron chi connectivity index (χ3n) is 4.14.